The first kappa shape index (κ1) is 21.3. The van der Waals surface area contributed by atoms with E-state index in [2.05, 4.69) is 4.98 Å². The number of carboxylic acid groups (broad SMARTS) is 1. The van der Waals surface area contributed by atoms with E-state index in [1.807, 2.05) is 35.8 Å². The molecule has 2 fully saturated rings. The summed E-state index contributed by atoms with van der Waals surface area (Å²) in [6.07, 6.45) is -1.08. The van der Waals surface area contributed by atoms with Crippen molar-refractivity contribution in [2.75, 3.05) is 0 Å². The summed E-state index contributed by atoms with van der Waals surface area (Å²) >= 11 is 1.40. The third-order valence-electron chi connectivity index (χ3n) is 5.31. The van der Waals surface area contributed by atoms with Crippen molar-refractivity contribution in [3.63, 3.8) is 0 Å². The summed E-state index contributed by atoms with van der Waals surface area (Å²) in [6.45, 7) is 6.14. The summed E-state index contributed by atoms with van der Waals surface area (Å²) in [5.74, 6) is -1.87. The molecule has 3 heterocycles. The van der Waals surface area contributed by atoms with Crippen LogP contribution in [0.5, 0.6) is 0 Å². The smallest absolute Gasteiger partial charge is 0.548 e. The third-order valence-corrected chi connectivity index (χ3v) is 6.90. The Labute approximate surface area is 203 Å². The van der Waals surface area contributed by atoms with Gasteiger partial charge in [0, 0.05) is 11.3 Å². The topological polar surface area (TPSA) is 98.5 Å². The van der Waals surface area contributed by atoms with Crippen LogP contribution in [0.15, 0.2) is 24.3 Å². The summed E-state index contributed by atoms with van der Waals surface area (Å²) in [7, 11) is 0. The van der Waals surface area contributed by atoms with Gasteiger partial charge in [0.2, 0.25) is 5.91 Å². The second-order valence-corrected chi connectivity index (χ2v) is 9.02. The van der Waals surface area contributed by atoms with E-state index in [4.69, 9.17) is 0 Å². The molecule has 0 aliphatic carbocycles. The van der Waals surface area contributed by atoms with Crippen molar-refractivity contribution >= 4 is 34.7 Å². The minimum absolute atomic E-state index is 0. The van der Waals surface area contributed by atoms with Crippen LogP contribution in [-0.2, 0) is 16.1 Å². The fraction of sp³-hybridized carbons (Fsp3) is 0.500. The summed E-state index contributed by atoms with van der Waals surface area (Å²) in [5.41, 5.74) is 1.67. The molecule has 1 amide bonds. The minimum Gasteiger partial charge on any atom is -0.548 e. The fourth-order valence-corrected chi connectivity index (χ4v) is 5.84. The number of carboxylic acids is 1. The van der Waals surface area contributed by atoms with Gasteiger partial charge in [-0.1, -0.05) is 12.1 Å². The maximum atomic E-state index is 12.7. The largest absolute Gasteiger partial charge is 1.00 e. The molecule has 2 saturated heterocycles. The molecule has 4 atom stereocenters. The summed E-state index contributed by atoms with van der Waals surface area (Å²) in [4.78, 5) is 30.1. The molecule has 0 radical (unpaired) electrons. The standard InChI is InChI=1S/C18H21N3O4S.K/c1-4-20-10-8-6-5-7-9(10)19-14(20)12(22)11-15(23)21-13(17(24)25)18(2,3)26-16(11)21;/h5-8,11-13,16,22H,4H2,1-3H3,(H,24,25);/q;+1/p-1/t11-,12+,13+,16-;/m1./s1. The molecule has 0 bridgehead atoms. The molecule has 1 N–H and O–H groups in total. The number of rotatable bonds is 4. The van der Waals surface area contributed by atoms with Crippen LogP contribution in [0.3, 0.4) is 0 Å². The number of β-lactam (4-membered cyclic amide) rings is 1. The average Bonchev–Trinajstić information content (AvgIpc) is 3.07. The van der Waals surface area contributed by atoms with E-state index < -0.39 is 28.8 Å². The summed E-state index contributed by atoms with van der Waals surface area (Å²) in [6, 6.07) is 6.59. The van der Waals surface area contributed by atoms with Crippen LogP contribution in [0.1, 0.15) is 32.7 Å². The Morgan fingerprint density at radius 2 is 2.07 bits per heavy atom. The van der Waals surface area contributed by atoms with E-state index in [1.54, 1.807) is 13.8 Å². The molecule has 4 rings (SSSR count). The second kappa shape index (κ2) is 7.44. The minimum atomic E-state index is -1.26. The first-order chi connectivity index (χ1) is 12.3. The van der Waals surface area contributed by atoms with Gasteiger partial charge in [-0.15, -0.1) is 11.8 Å². The van der Waals surface area contributed by atoms with Gasteiger partial charge in [0.1, 0.15) is 17.8 Å². The van der Waals surface area contributed by atoms with E-state index >= 15 is 0 Å². The number of imidazole rings is 1. The van der Waals surface area contributed by atoms with Gasteiger partial charge >= 0.3 is 51.4 Å². The molecule has 2 aromatic rings. The van der Waals surface area contributed by atoms with Crippen molar-refractivity contribution in [2.24, 2.45) is 5.92 Å². The van der Waals surface area contributed by atoms with Crippen LogP contribution >= 0.6 is 11.8 Å². The predicted molar refractivity (Wildman–Crippen MR) is 95.0 cm³/mol. The molecule has 0 unspecified atom stereocenters. The molecule has 7 nitrogen and oxygen atoms in total. The molecule has 1 aromatic carbocycles. The van der Waals surface area contributed by atoms with Crippen molar-refractivity contribution in [1.82, 2.24) is 14.5 Å². The van der Waals surface area contributed by atoms with Gasteiger partial charge < -0.3 is 24.5 Å². The molecule has 27 heavy (non-hydrogen) atoms. The number of carbonyl (C=O) groups excluding carboxylic acids is 2. The number of para-hydroxylation sites is 2. The van der Waals surface area contributed by atoms with Crippen LogP contribution in [-0.4, -0.2) is 47.6 Å². The first-order valence-electron chi connectivity index (χ1n) is 8.62. The zero-order chi connectivity index (χ0) is 18.8. The number of aryl methyl sites for hydroxylation is 1. The zero-order valence-corrected chi connectivity index (χ0v) is 19.7. The van der Waals surface area contributed by atoms with Crippen LogP contribution in [0.2, 0.25) is 0 Å². The monoisotopic (exact) mass is 413 g/mol. The number of hydrogen-bond donors (Lipinski definition) is 1. The first-order valence-corrected chi connectivity index (χ1v) is 9.50. The molecular weight excluding hydrogens is 393 g/mol. The maximum absolute atomic E-state index is 12.7. The molecule has 0 saturated carbocycles. The van der Waals surface area contributed by atoms with Crippen molar-refractivity contribution in [3.8, 4) is 0 Å². The van der Waals surface area contributed by atoms with E-state index in [0.717, 1.165) is 11.0 Å². The SMILES string of the molecule is CCn1c([C@@H](O)[C@@H]2C(=O)N3[C@@H]2SC(C)(C)[C@@H]3C(=O)[O-])nc2ccccc21.[K+]. The number of nitrogens with zero attached hydrogens (tertiary/aromatic N) is 3. The molecule has 9 heteroatoms. The number of aliphatic hydroxyl groups is 1. The van der Waals surface area contributed by atoms with E-state index in [0.29, 0.717) is 12.4 Å². The average molecular weight is 414 g/mol. The Balaban J connectivity index is 0.00000210. The van der Waals surface area contributed by atoms with Crippen molar-refractivity contribution in [1.29, 1.82) is 0 Å². The zero-order valence-electron chi connectivity index (χ0n) is 15.7. The van der Waals surface area contributed by atoms with Crippen molar-refractivity contribution in [2.45, 2.75) is 49.6 Å². The Hall–Kier alpha value is -0.424. The number of amides is 1. The molecule has 2 aliphatic heterocycles. The number of hydrogen-bond acceptors (Lipinski definition) is 6. The van der Waals surface area contributed by atoms with Gasteiger partial charge in [-0.3, -0.25) is 4.79 Å². The fourth-order valence-electron chi connectivity index (χ4n) is 4.13. The summed E-state index contributed by atoms with van der Waals surface area (Å²) in [5, 5.41) is 22.1. The van der Waals surface area contributed by atoms with E-state index in [-0.39, 0.29) is 62.7 Å². The number of benzene rings is 1. The third kappa shape index (κ3) is 3.11. The molecule has 2 aliphatic rings. The summed E-state index contributed by atoms with van der Waals surface area (Å²) < 4.78 is 1.23. The second-order valence-electron chi connectivity index (χ2n) is 7.25. The van der Waals surface area contributed by atoms with Gasteiger partial charge in [-0.2, -0.15) is 0 Å². The van der Waals surface area contributed by atoms with Crippen LogP contribution < -0.4 is 56.5 Å². The maximum Gasteiger partial charge on any atom is 1.00 e. The number of aliphatic carboxylic acids is 1. The Morgan fingerprint density at radius 3 is 2.70 bits per heavy atom. The number of carbonyl (C=O) groups is 2. The Bertz CT molecular complexity index is 915. The van der Waals surface area contributed by atoms with E-state index in [9.17, 15) is 19.8 Å². The number of thioether (sulfide) groups is 1. The van der Waals surface area contributed by atoms with Gasteiger partial charge in [-0.25, -0.2) is 4.98 Å². The van der Waals surface area contributed by atoms with Gasteiger partial charge in [-0.05, 0) is 32.9 Å². The van der Waals surface area contributed by atoms with Crippen LogP contribution in [0.25, 0.3) is 11.0 Å². The quantitative estimate of drug-likeness (QED) is 0.440. The van der Waals surface area contributed by atoms with Gasteiger partial charge in [0.05, 0.1) is 28.4 Å². The van der Waals surface area contributed by atoms with E-state index in [1.165, 1.54) is 16.7 Å². The van der Waals surface area contributed by atoms with Crippen LogP contribution in [0, 0.1) is 5.92 Å². The molecular formula is C18H20KN3O4S. The number of aromatic nitrogens is 2. The van der Waals surface area contributed by atoms with Crippen molar-refractivity contribution in [3.05, 3.63) is 30.1 Å². The Morgan fingerprint density at radius 1 is 1.41 bits per heavy atom. The normalized spacial score (nSPS) is 27.0. The van der Waals surface area contributed by atoms with Gasteiger partial charge in [0.15, 0.2) is 0 Å². The predicted octanol–water partition coefficient (Wildman–Crippen LogP) is -2.48. The van der Waals surface area contributed by atoms with Crippen molar-refractivity contribution < 1.29 is 71.2 Å². The number of aliphatic hydroxyl groups excluding tert-OH is 1. The molecule has 0 spiro atoms. The number of fused-ring (bicyclic) bond motifs is 2. The van der Waals surface area contributed by atoms with Crippen LogP contribution in [0.4, 0.5) is 0 Å². The Kier molecular flexibility index (Phi) is 5.86. The van der Waals surface area contributed by atoms with Gasteiger partial charge in [0.25, 0.3) is 0 Å². The molecule has 138 valence electrons. The molecule has 1 aromatic heterocycles.